The first-order valence-corrected chi connectivity index (χ1v) is 5.07. The van der Waals surface area contributed by atoms with E-state index in [2.05, 4.69) is 17.2 Å². The number of unbranched alkanes of at least 4 members (excludes halogenated alkanes) is 2. The monoisotopic (exact) mass is 181 g/mol. The van der Waals surface area contributed by atoms with Crippen LogP contribution in [0.25, 0.3) is 0 Å². The maximum atomic E-state index is 5.66. The summed E-state index contributed by atoms with van der Waals surface area (Å²) >= 11 is 0. The molecule has 3 N–H and O–H groups in total. The van der Waals surface area contributed by atoms with Gasteiger partial charge in [0.2, 0.25) is 0 Å². The Labute approximate surface area is 80.1 Å². The van der Waals surface area contributed by atoms with Gasteiger partial charge in [-0.15, -0.1) is 0 Å². The first kappa shape index (κ1) is 10.1. The predicted octanol–water partition coefficient (Wildman–Crippen LogP) is 1.41. The molecule has 0 saturated heterocycles. The lowest BCUT2D eigenvalue weighted by molar-refractivity contribution is 0.671. The van der Waals surface area contributed by atoms with E-state index in [1.54, 1.807) is 0 Å². The number of nitrogens with zero attached hydrogens (tertiary/aromatic N) is 1. The molecule has 0 atom stereocenters. The molecular weight excluding hydrogens is 162 g/mol. The third-order valence-corrected chi connectivity index (χ3v) is 2.13. The molecule has 0 amide bonds. The van der Waals surface area contributed by atoms with Gasteiger partial charge in [-0.2, -0.15) is 0 Å². The van der Waals surface area contributed by atoms with E-state index in [0.717, 1.165) is 19.5 Å². The summed E-state index contributed by atoms with van der Waals surface area (Å²) in [6.45, 7) is 3.92. The van der Waals surface area contributed by atoms with E-state index >= 15 is 0 Å². The molecular formula is C10H19N3. The Hall–Kier alpha value is -0.990. The lowest BCUT2D eigenvalue weighted by atomic mass is 10.1. The maximum Gasteiger partial charge on any atom is 0.119 e. The first-order valence-electron chi connectivity index (χ1n) is 5.07. The molecule has 3 nitrogen and oxygen atoms in total. The second-order valence-electron chi connectivity index (χ2n) is 3.36. The van der Waals surface area contributed by atoms with Crippen LogP contribution in [-0.4, -0.2) is 18.9 Å². The van der Waals surface area contributed by atoms with E-state index in [4.69, 9.17) is 5.73 Å². The third-order valence-electron chi connectivity index (χ3n) is 2.13. The standard InChI is InChI=1S/C10H19N3/c1-2-3-4-5-9-8-10(11)13-7-6-12-9/h8,12H,2-7H2,1H3,(H2,11,13). The second kappa shape index (κ2) is 5.62. The van der Waals surface area contributed by atoms with Crippen molar-refractivity contribution in [3.63, 3.8) is 0 Å². The molecule has 0 aromatic heterocycles. The van der Waals surface area contributed by atoms with Gasteiger partial charge in [0, 0.05) is 12.2 Å². The molecule has 74 valence electrons. The smallest absolute Gasteiger partial charge is 0.119 e. The van der Waals surface area contributed by atoms with Crippen LogP contribution < -0.4 is 11.1 Å². The van der Waals surface area contributed by atoms with Crippen LogP contribution in [0.3, 0.4) is 0 Å². The Kier molecular flexibility index (Phi) is 4.36. The summed E-state index contributed by atoms with van der Waals surface area (Å²) in [6.07, 6.45) is 6.85. The number of rotatable bonds is 4. The van der Waals surface area contributed by atoms with Crippen molar-refractivity contribution in [2.24, 2.45) is 10.7 Å². The molecule has 1 heterocycles. The van der Waals surface area contributed by atoms with E-state index in [0.29, 0.717) is 5.84 Å². The lowest BCUT2D eigenvalue weighted by Crippen LogP contribution is -2.15. The van der Waals surface area contributed by atoms with Crippen LogP contribution in [0.15, 0.2) is 16.8 Å². The van der Waals surface area contributed by atoms with E-state index in [1.807, 2.05) is 6.08 Å². The number of hydrogen-bond donors (Lipinski definition) is 2. The molecule has 0 spiro atoms. The molecule has 0 unspecified atom stereocenters. The summed E-state index contributed by atoms with van der Waals surface area (Å²) in [5.74, 6) is 0.663. The minimum atomic E-state index is 0.663. The number of nitrogens with one attached hydrogen (secondary N) is 1. The number of allylic oxidation sites excluding steroid dienone is 1. The third kappa shape index (κ3) is 3.97. The van der Waals surface area contributed by atoms with Crippen molar-refractivity contribution >= 4 is 5.84 Å². The number of aliphatic imine (C=N–C) groups is 1. The number of amidine groups is 1. The molecule has 3 heteroatoms. The average Bonchev–Trinajstić information content (AvgIpc) is 2.31. The molecule has 13 heavy (non-hydrogen) atoms. The van der Waals surface area contributed by atoms with Gasteiger partial charge in [0.1, 0.15) is 5.84 Å². The van der Waals surface area contributed by atoms with Crippen LogP contribution in [0, 0.1) is 0 Å². The quantitative estimate of drug-likeness (QED) is 0.644. The topological polar surface area (TPSA) is 50.4 Å². The molecule has 0 radical (unpaired) electrons. The highest BCUT2D eigenvalue weighted by Crippen LogP contribution is 2.07. The van der Waals surface area contributed by atoms with Gasteiger partial charge in [-0.3, -0.25) is 4.99 Å². The molecule has 1 aliphatic rings. The van der Waals surface area contributed by atoms with Crippen molar-refractivity contribution in [3.05, 3.63) is 11.8 Å². The Morgan fingerprint density at radius 2 is 2.38 bits per heavy atom. The van der Waals surface area contributed by atoms with Gasteiger partial charge in [-0.25, -0.2) is 0 Å². The normalized spacial score (nSPS) is 17.0. The Balaban J connectivity index is 2.35. The molecule has 0 aromatic rings. The number of nitrogens with two attached hydrogens (primary N) is 1. The van der Waals surface area contributed by atoms with E-state index in [1.165, 1.54) is 25.0 Å². The van der Waals surface area contributed by atoms with Crippen LogP contribution >= 0.6 is 0 Å². The molecule has 0 saturated carbocycles. The van der Waals surface area contributed by atoms with Crippen molar-refractivity contribution in [2.75, 3.05) is 13.1 Å². The van der Waals surface area contributed by atoms with Gasteiger partial charge in [-0.05, 0) is 18.9 Å². The maximum absolute atomic E-state index is 5.66. The summed E-state index contributed by atoms with van der Waals surface area (Å²) in [5.41, 5.74) is 6.91. The van der Waals surface area contributed by atoms with Crippen LogP contribution in [0.1, 0.15) is 32.6 Å². The zero-order chi connectivity index (χ0) is 9.52. The summed E-state index contributed by atoms with van der Waals surface area (Å²) in [7, 11) is 0. The van der Waals surface area contributed by atoms with Gasteiger partial charge < -0.3 is 11.1 Å². The highest BCUT2D eigenvalue weighted by atomic mass is 15.0. The molecule has 0 aromatic carbocycles. The molecule has 1 rings (SSSR count). The van der Waals surface area contributed by atoms with Crippen molar-refractivity contribution in [1.29, 1.82) is 0 Å². The van der Waals surface area contributed by atoms with E-state index in [-0.39, 0.29) is 0 Å². The Morgan fingerprint density at radius 3 is 3.15 bits per heavy atom. The van der Waals surface area contributed by atoms with Gasteiger partial charge in [0.15, 0.2) is 0 Å². The fourth-order valence-corrected chi connectivity index (χ4v) is 1.40. The van der Waals surface area contributed by atoms with Crippen molar-refractivity contribution < 1.29 is 0 Å². The van der Waals surface area contributed by atoms with E-state index < -0.39 is 0 Å². The minimum Gasteiger partial charge on any atom is -0.386 e. The largest absolute Gasteiger partial charge is 0.386 e. The Bertz CT molecular complexity index is 206. The van der Waals surface area contributed by atoms with Crippen molar-refractivity contribution in [1.82, 2.24) is 5.32 Å². The van der Waals surface area contributed by atoms with Gasteiger partial charge in [0.25, 0.3) is 0 Å². The predicted molar refractivity (Wildman–Crippen MR) is 56.7 cm³/mol. The second-order valence-corrected chi connectivity index (χ2v) is 3.36. The number of hydrogen-bond acceptors (Lipinski definition) is 3. The van der Waals surface area contributed by atoms with Crippen molar-refractivity contribution in [2.45, 2.75) is 32.6 Å². The molecule has 0 bridgehead atoms. The summed E-state index contributed by atoms with van der Waals surface area (Å²) < 4.78 is 0. The van der Waals surface area contributed by atoms with E-state index in [9.17, 15) is 0 Å². The SMILES string of the molecule is CCCCCC1=CC(N)=NCCN1. The molecule has 0 fully saturated rings. The van der Waals surface area contributed by atoms with Crippen LogP contribution in [0.5, 0.6) is 0 Å². The van der Waals surface area contributed by atoms with Gasteiger partial charge in [0.05, 0.1) is 6.54 Å². The zero-order valence-electron chi connectivity index (χ0n) is 8.34. The lowest BCUT2D eigenvalue weighted by Gasteiger charge is -2.06. The summed E-state index contributed by atoms with van der Waals surface area (Å²) in [4.78, 5) is 4.16. The van der Waals surface area contributed by atoms with Gasteiger partial charge >= 0.3 is 0 Å². The Morgan fingerprint density at radius 1 is 1.54 bits per heavy atom. The highest BCUT2D eigenvalue weighted by molar-refractivity contribution is 5.92. The average molecular weight is 181 g/mol. The molecule has 1 aliphatic heterocycles. The van der Waals surface area contributed by atoms with Crippen LogP contribution in [-0.2, 0) is 0 Å². The van der Waals surface area contributed by atoms with Crippen LogP contribution in [0.2, 0.25) is 0 Å². The summed E-state index contributed by atoms with van der Waals surface area (Å²) in [6, 6.07) is 0. The van der Waals surface area contributed by atoms with Gasteiger partial charge in [-0.1, -0.05) is 19.8 Å². The minimum absolute atomic E-state index is 0.663. The molecule has 0 aliphatic carbocycles. The zero-order valence-corrected chi connectivity index (χ0v) is 8.34. The first-order chi connectivity index (χ1) is 6.33. The van der Waals surface area contributed by atoms with Crippen LogP contribution in [0.4, 0.5) is 0 Å². The highest BCUT2D eigenvalue weighted by Gasteiger charge is 2.01. The fourth-order valence-electron chi connectivity index (χ4n) is 1.40. The fraction of sp³-hybridized carbons (Fsp3) is 0.700. The summed E-state index contributed by atoms with van der Waals surface area (Å²) in [5, 5.41) is 3.34. The van der Waals surface area contributed by atoms with Crippen molar-refractivity contribution in [3.8, 4) is 0 Å².